The van der Waals surface area contributed by atoms with E-state index in [9.17, 15) is 14.4 Å². The fourth-order valence-electron chi connectivity index (χ4n) is 1.81. The highest BCUT2D eigenvalue weighted by Crippen LogP contribution is 2.29. The number of nitrogens with one attached hydrogen (secondary N) is 1. The van der Waals surface area contributed by atoms with Crippen LogP contribution in [0.5, 0.6) is 5.75 Å². The molecule has 1 aliphatic heterocycles. The summed E-state index contributed by atoms with van der Waals surface area (Å²) in [5.41, 5.74) is -0.665. The summed E-state index contributed by atoms with van der Waals surface area (Å²) in [7, 11) is 1.42. The van der Waals surface area contributed by atoms with Crippen molar-refractivity contribution < 1.29 is 24.2 Å². The first-order valence-corrected chi connectivity index (χ1v) is 6.31. The van der Waals surface area contributed by atoms with E-state index >= 15 is 0 Å². The second kappa shape index (κ2) is 5.08. The Labute approximate surface area is 121 Å². The van der Waals surface area contributed by atoms with E-state index in [1.54, 1.807) is 6.07 Å². The Morgan fingerprint density at radius 1 is 1.38 bits per heavy atom. The molecular weight excluding hydrogens is 276 g/mol. The van der Waals surface area contributed by atoms with Crippen molar-refractivity contribution in [3.8, 4) is 5.75 Å². The lowest BCUT2D eigenvalue weighted by atomic mass is 10.0. The summed E-state index contributed by atoms with van der Waals surface area (Å²) in [5, 5.41) is 11.8. The summed E-state index contributed by atoms with van der Waals surface area (Å²) in [6.07, 6.45) is 0. The number of fused-ring (bicyclic) bond motifs is 1. The predicted molar refractivity (Wildman–Crippen MR) is 74.4 cm³/mol. The Hall–Kier alpha value is -2.57. The summed E-state index contributed by atoms with van der Waals surface area (Å²) in [4.78, 5) is 36.0. The van der Waals surface area contributed by atoms with Gasteiger partial charge in [0.1, 0.15) is 11.3 Å². The van der Waals surface area contributed by atoms with Crippen molar-refractivity contribution in [2.24, 2.45) is 0 Å². The Kier molecular flexibility index (Phi) is 3.59. The SMILES string of the molecule is CN(C(=O)c1ccc2c(c1)NC(=O)CO2)C(C)(C)C(=O)O. The van der Waals surface area contributed by atoms with E-state index in [4.69, 9.17) is 9.84 Å². The first-order valence-electron chi connectivity index (χ1n) is 6.31. The molecule has 0 atom stereocenters. The van der Waals surface area contributed by atoms with Crippen LogP contribution in [-0.4, -0.2) is 47.0 Å². The van der Waals surface area contributed by atoms with Gasteiger partial charge < -0.3 is 20.1 Å². The van der Waals surface area contributed by atoms with Gasteiger partial charge in [-0.2, -0.15) is 0 Å². The molecule has 21 heavy (non-hydrogen) atoms. The molecule has 2 N–H and O–H groups in total. The smallest absolute Gasteiger partial charge is 0.329 e. The third kappa shape index (κ3) is 2.67. The van der Waals surface area contributed by atoms with Gasteiger partial charge >= 0.3 is 5.97 Å². The number of carboxylic acids is 1. The highest BCUT2D eigenvalue weighted by atomic mass is 16.5. The Morgan fingerprint density at radius 3 is 2.67 bits per heavy atom. The fourth-order valence-corrected chi connectivity index (χ4v) is 1.81. The number of carboxylic acid groups (broad SMARTS) is 1. The van der Waals surface area contributed by atoms with Gasteiger partial charge in [-0.25, -0.2) is 4.79 Å². The highest BCUT2D eigenvalue weighted by Gasteiger charge is 2.35. The van der Waals surface area contributed by atoms with E-state index in [0.717, 1.165) is 4.90 Å². The Balaban J connectivity index is 2.30. The van der Waals surface area contributed by atoms with E-state index in [1.807, 2.05) is 0 Å². The van der Waals surface area contributed by atoms with Crippen LogP contribution in [0.25, 0.3) is 0 Å². The normalized spacial score (nSPS) is 13.8. The number of carbonyl (C=O) groups excluding carboxylic acids is 2. The maximum atomic E-state index is 12.4. The molecule has 1 aromatic carbocycles. The quantitative estimate of drug-likeness (QED) is 0.864. The monoisotopic (exact) mass is 292 g/mol. The van der Waals surface area contributed by atoms with Gasteiger partial charge in [-0.05, 0) is 32.0 Å². The third-order valence-electron chi connectivity index (χ3n) is 3.53. The molecule has 7 heteroatoms. The molecule has 0 aliphatic carbocycles. The van der Waals surface area contributed by atoms with Crippen LogP contribution >= 0.6 is 0 Å². The summed E-state index contributed by atoms with van der Waals surface area (Å²) in [6.45, 7) is 2.82. The van der Waals surface area contributed by atoms with Crippen molar-refractivity contribution in [3.05, 3.63) is 23.8 Å². The molecular formula is C14H16N2O5. The highest BCUT2D eigenvalue weighted by molar-refractivity contribution is 6.01. The van der Waals surface area contributed by atoms with Gasteiger partial charge in [0.15, 0.2) is 6.61 Å². The number of ether oxygens (including phenoxy) is 1. The molecule has 1 aromatic rings. The van der Waals surface area contributed by atoms with Crippen LogP contribution in [0.3, 0.4) is 0 Å². The largest absolute Gasteiger partial charge is 0.482 e. The molecule has 1 aliphatic rings. The molecule has 0 saturated carbocycles. The van der Waals surface area contributed by atoms with Gasteiger partial charge in [0.05, 0.1) is 5.69 Å². The van der Waals surface area contributed by atoms with Gasteiger partial charge in [0, 0.05) is 12.6 Å². The van der Waals surface area contributed by atoms with E-state index in [0.29, 0.717) is 11.4 Å². The standard InChI is InChI=1S/C14H16N2O5/c1-14(2,13(19)20)16(3)12(18)8-4-5-10-9(6-8)15-11(17)7-21-10/h4-6H,7H2,1-3H3,(H,15,17)(H,19,20). The lowest BCUT2D eigenvalue weighted by molar-refractivity contribution is -0.147. The number of rotatable bonds is 3. The zero-order valence-corrected chi connectivity index (χ0v) is 12.0. The summed E-state index contributed by atoms with van der Waals surface area (Å²) in [6, 6.07) is 4.58. The average Bonchev–Trinajstić information content (AvgIpc) is 2.44. The van der Waals surface area contributed by atoms with Crippen LogP contribution in [0, 0.1) is 0 Å². The van der Waals surface area contributed by atoms with E-state index in [2.05, 4.69) is 5.32 Å². The van der Waals surface area contributed by atoms with E-state index < -0.39 is 17.4 Å². The maximum Gasteiger partial charge on any atom is 0.329 e. The molecule has 0 unspecified atom stereocenters. The minimum Gasteiger partial charge on any atom is -0.482 e. The van der Waals surface area contributed by atoms with Crippen LogP contribution in [0.2, 0.25) is 0 Å². The number of benzene rings is 1. The van der Waals surface area contributed by atoms with Gasteiger partial charge in [0.25, 0.3) is 11.8 Å². The second-order valence-corrected chi connectivity index (χ2v) is 5.28. The Bertz CT molecular complexity index is 624. The molecule has 7 nitrogen and oxygen atoms in total. The number of anilines is 1. The molecule has 0 spiro atoms. The van der Waals surface area contributed by atoms with Gasteiger partial charge in [-0.3, -0.25) is 9.59 Å². The number of amides is 2. The molecule has 0 saturated heterocycles. The van der Waals surface area contributed by atoms with Gasteiger partial charge in [0.2, 0.25) is 0 Å². The second-order valence-electron chi connectivity index (χ2n) is 5.28. The molecule has 1 heterocycles. The van der Waals surface area contributed by atoms with Crippen LogP contribution < -0.4 is 10.1 Å². The summed E-state index contributed by atoms with van der Waals surface area (Å²) < 4.78 is 5.21. The van der Waals surface area contributed by atoms with Gasteiger partial charge in [-0.15, -0.1) is 0 Å². The molecule has 0 fully saturated rings. The number of likely N-dealkylation sites (N-methyl/N-ethyl adjacent to an activating group) is 1. The topological polar surface area (TPSA) is 95.9 Å². The number of carbonyl (C=O) groups is 3. The number of nitrogens with zero attached hydrogens (tertiary/aromatic N) is 1. The minimum atomic E-state index is -1.34. The first kappa shape index (κ1) is 14.8. The molecule has 112 valence electrons. The molecule has 0 aromatic heterocycles. The number of hydrogen-bond acceptors (Lipinski definition) is 4. The molecule has 0 bridgehead atoms. The lowest BCUT2D eigenvalue weighted by Crippen LogP contribution is -2.50. The molecule has 0 radical (unpaired) electrons. The molecule has 2 rings (SSSR count). The fraction of sp³-hybridized carbons (Fsp3) is 0.357. The van der Waals surface area contributed by atoms with Crippen molar-refractivity contribution >= 4 is 23.5 Å². The van der Waals surface area contributed by atoms with Crippen LogP contribution in [0.1, 0.15) is 24.2 Å². The zero-order chi connectivity index (χ0) is 15.8. The average molecular weight is 292 g/mol. The first-order chi connectivity index (χ1) is 9.73. The number of aliphatic carboxylic acids is 1. The van der Waals surface area contributed by atoms with E-state index in [1.165, 1.54) is 33.0 Å². The lowest BCUT2D eigenvalue weighted by Gasteiger charge is -2.31. The minimum absolute atomic E-state index is 0.0633. The maximum absolute atomic E-state index is 12.4. The zero-order valence-electron chi connectivity index (χ0n) is 12.0. The molecule has 2 amide bonds. The van der Waals surface area contributed by atoms with Crippen LogP contribution in [0.4, 0.5) is 5.69 Å². The summed E-state index contributed by atoms with van der Waals surface area (Å²) in [5.74, 6) is -1.38. The predicted octanol–water partition coefficient (Wildman–Crippen LogP) is 0.953. The van der Waals surface area contributed by atoms with Gasteiger partial charge in [-0.1, -0.05) is 0 Å². The Morgan fingerprint density at radius 2 is 2.05 bits per heavy atom. The summed E-state index contributed by atoms with van der Waals surface area (Å²) >= 11 is 0. The number of hydrogen-bond donors (Lipinski definition) is 2. The van der Waals surface area contributed by atoms with Crippen molar-refractivity contribution in [2.45, 2.75) is 19.4 Å². The van der Waals surface area contributed by atoms with Crippen LogP contribution in [0.15, 0.2) is 18.2 Å². The third-order valence-corrected chi connectivity index (χ3v) is 3.53. The van der Waals surface area contributed by atoms with Crippen LogP contribution in [-0.2, 0) is 9.59 Å². The van der Waals surface area contributed by atoms with Crippen molar-refractivity contribution in [3.63, 3.8) is 0 Å². The van der Waals surface area contributed by atoms with Crippen molar-refractivity contribution in [1.82, 2.24) is 4.90 Å². The van der Waals surface area contributed by atoms with Crippen molar-refractivity contribution in [1.29, 1.82) is 0 Å². The van der Waals surface area contributed by atoms with Crippen molar-refractivity contribution in [2.75, 3.05) is 19.0 Å². The van der Waals surface area contributed by atoms with E-state index in [-0.39, 0.29) is 18.1 Å².